The summed E-state index contributed by atoms with van der Waals surface area (Å²) in [6.45, 7) is 9.47. The summed E-state index contributed by atoms with van der Waals surface area (Å²) >= 11 is 0. The quantitative estimate of drug-likeness (QED) is 0.552. The molecule has 0 aromatic carbocycles. The van der Waals surface area contributed by atoms with Gasteiger partial charge in [0.1, 0.15) is 5.60 Å². The van der Waals surface area contributed by atoms with Crippen molar-refractivity contribution in [3.63, 3.8) is 0 Å². The van der Waals surface area contributed by atoms with Gasteiger partial charge in [-0.1, -0.05) is 13.8 Å². The minimum Gasteiger partial charge on any atom is -0.469 e. The van der Waals surface area contributed by atoms with Gasteiger partial charge in [0.2, 0.25) is 0 Å². The number of nitrogens with zero attached hydrogens (tertiary/aromatic N) is 1. The number of rotatable bonds is 6. The van der Waals surface area contributed by atoms with Crippen molar-refractivity contribution < 1.29 is 28.6 Å². The molecule has 0 saturated heterocycles. The van der Waals surface area contributed by atoms with Crippen molar-refractivity contribution in [3.8, 4) is 0 Å². The predicted molar refractivity (Wildman–Crippen MR) is 82.4 cm³/mol. The van der Waals surface area contributed by atoms with E-state index in [9.17, 15) is 14.4 Å². The van der Waals surface area contributed by atoms with Crippen LogP contribution in [0.15, 0.2) is 0 Å². The molecule has 0 heterocycles. The van der Waals surface area contributed by atoms with Gasteiger partial charge in [0.05, 0.1) is 27.1 Å². The molecule has 7 heteroatoms. The summed E-state index contributed by atoms with van der Waals surface area (Å²) < 4.78 is 14.3. The first-order valence-corrected chi connectivity index (χ1v) is 7.31. The van der Waals surface area contributed by atoms with Crippen LogP contribution in [0.25, 0.3) is 0 Å². The van der Waals surface area contributed by atoms with Crippen LogP contribution in [0.5, 0.6) is 0 Å². The lowest BCUT2D eigenvalue weighted by atomic mass is 10.2. The first-order valence-electron chi connectivity index (χ1n) is 7.31. The summed E-state index contributed by atoms with van der Waals surface area (Å²) in [6.07, 6.45) is -0.501. The maximum absolute atomic E-state index is 12.0. The molecule has 22 heavy (non-hydrogen) atoms. The van der Waals surface area contributed by atoms with Crippen molar-refractivity contribution in [2.45, 2.75) is 53.1 Å². The Bertz CT molecular complexity index is 328. The first kappa shape index (κ1) is 22.5. The fraction of sp³-hybridized carbons (Fsp3) is 0.800. The normalized spacial score (nSPS) is 9.95. The summed E-state index contributed by atoms with van der Waals surface area (Å²) in [6, 6.07) is 0. The van der Waals surface area contributed by atoms with Crippen LogP contribution in [-0.2, 0) is 23.8 Å². The topological polar surface area (TPSA) is 82.1 Å². The zero-order valence-corrected chi connectivity index (χ0v) is 14.7. The summed E-state index contributed by atoms with van der Waals surface area (Å²) in [7, 11) is 2.54. The van der Waals surface area contributed by atoms with Gasteiger partial charge in [-0.05, 0) is 20.8 Å². The molecule has 0 aromatic heterocycles. The fourth-order valence-electron chi connectivity index (χ4n) is 1.28. The standard InChI is InChI=1S/C13H23NO6.C2H6/c1-13(2,3)20-12(17)14(8-6-10(15)18-4)9-7-11(16)19-5;1-2/h6-9H2,1-5H3;1-2H3. The molecule has 0 spiro atoms. The highest BCUT2D eigenvalue weighted by Crippen LogP contribution is 2.11. The zero-order chi connectivity index (χ0) is 17.8. The molecule has 0 rings (SSSR count). The lowest BCUT2D eigenvalue weighted by Crippen LogP contribution is -2.39. The minimum absolute atomic E-state index is 0.0386. The molecular formula is C15H29NO6. The van der Waals surface area contributed by atoms with Crippen LogP contribution >= 0.6 is 0 Å². The van der Waals surface area contributed by atoms with Crippen LogP contribution in [0.4, 0.5) is 4.79 Å². The van der Waals surface area contributed by atoms with Crippen molar-refractivity contribution in [1.82, 2.24) is 4.90 Å². The second-order valence-corrected chi connectivity index (χ2v) is 5.12. The van der Waals surface area contributed by atoms with Gasteiger partial charge in [0.15, 0.2) is 0 Å². The minimum atomic E-state index is -0.647. The molecule has 0 aromatic rings. The largest absolute Gasteiger partial charge is 0.469 e. The van der Waals surface area contributed by atoms with Gasteiger partial charge in [-0.25, -0.2) is 4.79 Å². The first-order chi connectivity index (χ1) is 10.2. The van der Waals surface area contributed by atoms with Gasteiger partial charge in [0.25, 0.3) is 0 Å². The molecule has 1 amide bonds. The van der Waals surface area contributed by atoms with E-state index in [2.05, 4.69) is 9.47 Å². The third kappa shape index (κ3) is 12.0. The number of hydrogen-bond donors (Lipinski definition) is 0. The van der Waals surface area contributed by atoms with Crippen LogP contribution in [0.1, 0.15) is 47.5 Å². The molecule has 130 valence electrons. The summed E-state index contributed by atoms with van der Waals surface area (Å²) in [5, 5.41) is 0. The predicted octanol–water partition coefficient (Wildman–Crippen LogP) is 2.38. The monoisotopic (exact) mass is 319 g/mol. The molecule has 0 radical (unpaired) electrons. The Hall–Kier alpha value is -1.79. The average Bonchev–Trinajstić information content (AvgIpc) is 2.46. The highest BCUT2D eigenvalue weighted by molar-refractivity contribution is 5.73. The second kappa shape index (κ2) is 11.8. The second-order valence-electron chi connectivity index (χ2n) is 5.12. The van der Waals surface area contributed by atoms with E-state index >= 15 is 0 Å². The van der Waals surface area contributed by atoms with E-state index in [-0.39, 0.29) is 25.9 Å². The highest BCUT2D eigenvalue weighted by Gasteiger charge is 2.23. The Morgan fingerprint density at radius 3 is 1.50 bits per heavy atom. The third-order valence-corrected chi connectivity index (χ3v) is 2.28. The Morgan fingerprint density at radius 2 is 1.23 bits per heavy atom. The number of methoxy groups -OCH3 is 2. The fourth-order valence-corrected chi connectivity index (χ4v) is 1.28. The maximum atomic E-state index is 12.0. The molecule has 0 aliphatic rings. The molecule has 0 saturated carbocycles. The molecule has 0 aliphatic carbocycles. The van der Waals surface area contributed by atoms with E-state index in [4.69, 9.17) is 4.74 Å². The lowest BCUT2D eigenvalue weighted by Gasteiger charge is -2.26. The van der Waals surface area contributed by atoms with E-state index in [1.807, 2.05) is 13.8 Å². The molecular weight excluding hydrogens is 290 g/mol. The maximum Gasteiger partial charge on any atom is 0.410 e. The molecule has 7 nitrogen and oxygen atoms in total. The highest BCUT2D eigenvalue weighted by atomic mass is 16.6. The number of ether oxygens (including phenoxy) is 3. The van der Waals surface area contributed by atoms with E-state index in [0.29, 0.717) is 0 Å². The molecule has 0 fully saturated rings. The zero-order valence-electron chi connectivity index (χ0n) is 14.7. The Kier molecular flexibility index (Phi) is 12.1. The SMILES string of the molecule is CC.COC(=O)CCN(CCC(=O)OC)C(=O)OC(C)(C)C. The van der Waals surface area contributed by atoms with Crippen LogP contribution in [0.3, 0.4) is 0 Å². The van der Waals surface area contributed by atoms with Crippen molar-refractivity contribution in [1.29, 1.82) is 0 Å². The molecule has 0 unspecified atom stereocenters. The summed E-state index contributed by atoms with van der Waals surface area (Å²) in [5.74, 6) is -0.867. The van der Waals surface area contributed by atoms with Crippen molar-refractivity contribution in [2.75, 3.05) is 27.3 Å². The number of carbonyl (C=O) groups excluding carboxylic acids is 3. The average molecular weight is 319 g/mol. The van der Waals surface area contributed by atoms with Gasteiger partial charge in [-0.2, -0.15) is 0 Å². The number of amides is 1. The molecule has 0 atom stereocenters. The van der Waals surface area contributed by atoms with Gasteiger partial charge >= 0.3 is 18.0 Å². The van der Waals surface area contributed by atoms with Crippen molar-refractivity contribution in [3.05, 3.63) is 0 Å². The van der Waals surface area contributed by atoms with Crippen LogP contribution in [0, 0.1) is 0 Å². The number of esters is 2. The van der Waals surface area contributed by atoms with E-state index in [0.717, 1.165) is 0 Å². The molecule has 0 N–H and O–H groups in total. The van der Waals surface area contributed by atoms with Gasteiger partial charge in [-0.15, -0.1) is 0 Å². The number of hydrogen-bond acceptors (Lipinski definition) is 6. The van der Waals surface area contributed by atoms with Crippen molar-refractivity contribution in [2.24, 2.45) is 0 Å². The van der Waals surface area contributed by atoms with Crippen LogP contribution in [-0.4, -0.2) is 55.8 Å². The molecule has 0 aliphatic heterocycles. The Labute approximate surface area is 132 Å². The number of carbonyl (C=O) groups is 3. The Morgan fingerprint density at radius 1 is 0.864 bits per heavy atom. The lowest BCUT2D eigenvalue weighted by molar-refractivity contribution is -0.140. The van der Waals surface area contributed by atoms with E-state index in [1.54, 1.807) is 20.8 Å². The van der Waals surface area contributed by atoms with Crippen LogP contribution < -0.4 is 0 Å². The smallest absolute Gasteiger partial charge is 0.410 e. The van der Waals surface area contributed by atoms with Gasteiger partial charge in [-0.3, -0.25) is 9.59 Å². The van der Waals surface area contributed by atoms with E-state index < -0.39 is 23.6 Å². The molecule has 0 bridgehead atoms. The van der Waals surface area contributed by atoms with Crippen molar-refractivity contribution >= 4 is 18.0 Å². The third-order valence-electron chi connectivity index (χ3n) is 2.28. The van der Waals surface area contributed by atoms with E-state index in [1.165, 1.54) is 19.1 Å². The van der Waals surface area contributed by atoms with Crippen LogP contribution in [0.2, 0.25) is 0 Å². The Balaban J connectivity index is 0. The summed E-state index contributed by atoms with van der Waals surface area (Å²) in [5.41, 5.74) is -0.647. The van der Waals surface area contributed by atoms with Gasteiger partial charge in [0, 0.05) is 13.1 Å². The summed E-state index contributed by atoms with van der Waals surface area (Å²) in [4.78, 5) is 35.5. The van der Waals surface area contributed by atoms with Gasteiger partial charge < -0.3 is 19.1 Å².